The second-order valence-corrected chi connectivity index (χ2v) is 8.87. The standard InChI is InChI=1S/C24H36N8O8/c25-14(11-13-5-2-1-3-6-13)20(36)30-15(7-4-10-29-24(27)28)21(37)32-17(12-19(34)35)22(38)31-16(23(39)40)8-9-18(26)33/h1-3,5-6,14-17H,4,7-12,25H2,(H2,26,33)(H,30,36)(H,31,38)(H,32,37)(H,34,35)(H,39,40)(H4,27,28,29). The molecule has 0 aliphatic heterocycles. The molecule has 1 rings (SSSR count). The molecule has 0 heterocycles. The van der Waals surface area contributed by atoms with Gasteiger partial charge in [-0.25, -0.2) is 4.79 Å². The van der Waals surface area contributed by atoms with Crippen molar-refractivity contribution in [2.45, 2.75) is 62.7 Å². The van der Waals surface area contributed by atoms with Gasteiger partial charge >= 0.3 is 11.9 Å². The van der Waals surface area contributed by atoms with E-state index in [1.807, 2.05) is 0 Å². The Bertz CT molecular complexity index is 1080. The summed E-state index contributed by atoms with van der Waals surface area (Å²) in [5.41, 5.74) is 22.4. The molecule has 4 amide bonds. The van der Waals surface area contributed by atoms with E-state index in [0.717, 1.165) is 5.56 Å². The number of rotatable bonds is 18. The lowest BCUT2D eigenvalue weighted by Crippen LogP contribution is -2.57. The summed E-state index contributed by atoms with van der Waals surface area (Å²) in [4.78, 5) is 76.3. The van der Waals surface area contributed by atoms with Gasteiger partial charge in [-0.2, -0.15) is 0 Å². The number of carbonyl (C=O) groups is 6. The largest absolute Gasteiger partial charge is 0.481 e. The molecule has 1 aromatic rings. The molecule has 16 nitrogen and oxygen atoms in total. The Balaban J connectivity index is 3.04. The normalized spacial score (nSPS) is 13.5. The van der Waals surface area contributed by atoms with Crippen molar-refractivity contribution in [1.29, 1.82) is 0 Å². The number of hydrogen-bond acceptors (Lipinski definition) is 8. The molecule has 0 bridgehead atoms. The fourth-order valence-electron chi connectivity index (χ4n) is 3.48. The van der Waals surface area contributed by atoms with Gasteiger partial charge < -0.3 is 49.1 Å². The number of nitrogens with one attached hydrogen (secondary N) is 3. The highest BCUT2D eigenvalue weighted by atomic mass is 16.4. The second kappa shape index (κ2) is 17.0. The maximum absolute atomic E-state index is 13.1. The average Bonchev–Trinajstić information content (AvgIpc) is 2.87. The SMILES string of the molecule is NC(=O)CCC(NC(=O)C(CC(=O)O)NC(=O)C(CCCN=C(N)N)NC(=O)C(N)Cc1ccccc1)C(=O)O. The lowest BCUT2D eigenvalue weighted by Gasteiger charge is -2.24. The lowest BCUT2D eigenvalue weighted by atomic mass is 10.0. The quantitative estimate of drug-likeness (QED) is 0.0488. The third-order valence-electron chi connectivity index (χ3n) is 5.52. The Hall–Kier alpha value is -4.73. The van der Waals surface area contributed by atoms with Crippen LogP contribution in [0.1, 0.15) is 37.7 Å². The fraction of sp³-hybridized carbons (Fsp3) is 0.458. The van der Waals surface area contributed by atoms with Crippen molar-refractivity contribution in [3.63, 3.8) is 0 Å². The summed E-state index contributed by atoms with van der Waals surface area (Å²) in [5.74, 6) is -6.68. The Morgan fingerprint density at radius 2 is 1.38 bits per heavy atom. The van der Waals surface area contributed by atoms with Crippen molar-refractivity contribution >= 4 is 41.5 Å². The van der Waals surface area contributed by atoms with Gasteiger partial charge in [-0.05, 0) is 31.2 Å². The molecule has 0 fully saturated rings. The Kier molecular flexibility index (Phi) is 14.1. The Morgan fingerprint density at radius 1 is 0.800 bits per heavy atom. The van der Waals surface area contributed by atoms with E-state index in [0.29, 0.717) is 0 Å². The van der Waals surface area contributed by atoms with Crippen LogP contribution in [-0.2, 0) is 35.2 Å². The molecule has 0 radical (unpaired) electrons. The minimum atomic E-state index is -1.71. The van der Waals surface area contributed by atoms with E-state index in [1.165, 1.54) is 0 Å². The zero-order valence-corrected chi connectivity index (χ0v) is 21.7. The van der Waals surface area contributed by atoms with Gasteiger partial charge in [0, 0.05) is 13.0 Å². The summed E-state index contributed by atoms with van der Waals surface area (Å²) in [5, 5.41) is 25.4. The molecule has 220 valence electrons. The highest BCUT2D eigenvalue weighted by Gasteiger charge is 2.31. The zero-order valence-electron chi connectivity index (χ0n) is 21.7. The van der Waals surface area contributed by atoms with Crippen LogP contribution >= 0.6 is 0 Å². The Labute approximate surface area is 229 Å². The van der Waals surface area contributed by atoms with Crippen molar-refractivity contribution in [1.82, 2.24) is 16.0 Å². The minimum absolute atomic E-state index is 0.00974. The van der Waals surface area contributed by atoms with E-state index in [1.54, 1.807) is 30.3 Å². The first kappa shape index (κ1) is 33.3. The van der Waals surface area contributed by atoms with Crippen LogP contribution < -0.4 is 38.9 Å². The van der Waals surface area contributed by atoms with Crippen molar-refractivity contribution < 1.29 is 39.0 Å². The van der Waals surface area contributed by atoms with Gasteiger partial charge in [0.15, 0.2) is 5.96 Å². The monoisotopic (exact) mass is 564 g/mol. The first-order valence-electron chi connectivity index (χ1n) is 12.3. The van der Waals surface area contributed by atoms with Crippen molar-refractivity contribution in [3.8, 4) is 0 Å². The molecule has 0 spiro atoms. The van der Waals surface area contributed by atoms with Crippen molar-refractivity contribution in [3.05, 3.63) is 35.9 Å². The maximum Gasteiger partial charge on any atom is 0.326 e. The van der Waals surface area contributed by atoms with Crippen LogP contribution in [0.25, 0.3) is 0 Å². The van der Waals surface area contributed by atoms with Crippen LogP contribution in [0.4, 0.5) is 0 Å². The molecule has 4 atom stereocenters. The van der Waals surface area contributed by atoms with E-state index in [4.69, 9.17) is 22.9 Å². The first-order chi connectivity index (χ1) is 18.8. The highest BCUT2D eigenvalue weighted by Crippen LogP contribution is 2.06. The van der Waals surface area contributed by atoms with Gasteiger partial charge in [0.05, 0.1) is 12.5 Å². The number of hydrogen-bond donors (Lipinski definition) is 9. The smallest absolute Gasteiger partial charge is 0.326 e. The van der Waals surface area contributed by atoms with E-state index in [9.17, 15) is 39.0 Å². The number of carbonyl (C=O) groups excluding carboxylic acids is 4. The van der Waals surface area contributed by atoms with Crippen LogP contribution in [0.5, 0.6) is 0 Å². The molecule has 16 heteroatoms. The molecular formula is C24H36N8O8. The molecule has 0 aliphatic rings. The number of guanidine groups is 1. The number of benzene rings is 1. The number of carboxylic acids is 2. The summed E-state index contributed by atoms with van der Waals surface area (Å²) >= 11 is 0. The van der Waals surface area contributed by atoms with E-state index >= 15 is 0 Å². The molecule has 13 N–H and O–H groups in total. The number of nitrogens with two attached hydrogens (primary N) is 4. The van der Waals surface area contributed by atoms with Crippen LogP contribution in [0.3, 0.4) is 0 Å². The number of aliphatic imine (C=N–C) groups is 1. The number of amides is 4. The molecule has 0 saturated carbocycles. The average molecular weight is 565 g/mol. The maximum atomic E-state index is 13.1. The van der Waals surface area contributed by atoms with Crippen LogP contribution in [0, 0.1) is 0 Å². The fourth-order valence-corrected chi connectivity index (χ4v) is 3.48. The lowest BCUT2D eigenvalue weighted by molar-refractivity contribution is -0.143. The molecule has 4 unspecified atom stereocenters. The van der Waals surface area contributed by atoms with E-state index in [-0.39, 0.29) is 44.6 Å². The summed E-state index contributed by atoms with van der Waals surface area (Å²) in [7, 11) is 0. The van der Waals surface area contributed by atoms with Gasteiger partial charge in [0.2, 0.25) is 23.6 Å². The van der Waals surface area contributed by atoms with Gasteiger partial charge in [-0.3, -0.25) is 29.0 Å². The predicted octanol–water partition coefficient (Wildman–Crippen LogP) is -3.11. The van der Waals surface area contributed by atoms with Crippen LogP contribution in [0.2, 0.25) is 0 Å². The number of primary amides is 1. The Morgan fingerprint density at radius 3 is 1.93 bits per heavy atom. The predicted molar refractivity (Wildman–Crippen MR) is 142 cm³/mol. The molecule has 0 aromatic heterocycles. The first-order valence-corrected chi connectivity index (χ1v) is 12.3. The molecule has 0 saturated heterocycles. The second-order valence-electron chi connectivity index (χ2n) is 8.87. The summed E-state index contributed by atoms with van der Waals surface area (Å²) < 4.78 is 0. The van der Waals surface area contributed by atoms with Gasteiger partial charge in [-0.15, -0.1) is 0 Å². The summed E-state index contributed by atoms with van der Waals surface area (Å²) in [6, 6.07) is 3.31. The molecule has 1 aromatic carbocycles. The van der Waals surface area contributed by atoms with E-state index < -0.39 is 66.2 Å². The third-order valence-corrected chi connectivity index (χ3v) is 5.52. The van der Waals surface area contributed by atoms with Gasteiger partial charge in [0.25, 0.3) is 0 Å². The summed E-state index contributed by atoms with van der Waals surface area (Å²) in [6.07, 6.45) is -1.24. The zero-order chi connectivity index (χ0) is 30.2. The van der Waals surface area contributed by atoms with Gasteiger partial charge in [-0.1, -0.05) is 30.3 Å². The molecule has 40 heavy (non-hydrogen) atoms. The highest BCUT2D eigenvalue weighted by molar-refractivity contribution is 5.95. The van der Waals surface area contributed by atoms with Crippen molar-refractivity contribution in [2.75, 3.05) is 6.54 Å². The van der Waals surface area contributed by atoms with Crippen LogP contribution in [-0.4, -0.2) is 82.5 Å². The molecule has 0 aliphatic carbocycles. The number of carboxylic acid groups (broad SMARTS) is 2. The minimum Gasteiger partial charge on any atom is -0.481 e. The number of nitrogens with zero attached hydrogens (tertiary/aromatic N) is 1. The third kappa shape index (κ3) is 13.2. The van der Waals surface area contributed by atoms with E-state index in [2.05, 4.69) is 20.9 Å². The molecular weight excluding hydrogens is 528 g/mol. The van der Waals surface area contributed by atoms with Gasteiger partial charge in [0.1, 0.15) is 18.1 Å². The van der Waals surface area contributed by atoms with Crippen LogP contribution in [0.15, 0.2) is 35.3 Å². The van der Waals surface area contributed by atoms with Crippen molar-refractivity contribution in [2.24, 2.45) is 27.9 Å². The topological polar surface area (TPSA) is 295 Å². The number of aliphatic carboxylic acids is 2. The summed E-state index contributed by atoms with van der Waals surface area (Å²) in [6.45, 7) is 0.108.